The fraction of sp³-hybridized carbons (Fsp3) is 0.136. The molecule has 6 heteroatoms. The fourth-order valence-electron chi connectivity index (χ4n) is 3.09. The number of carbonyl (C=O) groups is 1. The maximum absolute atomic E-state index is 13.0. The Balaban J connectivity index is 1.71. The van der Waals surface area contributed by atoms with Gasteiger partial charge in [-0.1, -0.05) is 23.8 Å². The first-order valence-corrected chi connectivity index (χ1v) is 9.88. The summed E-state index contributed by atoms with van der Waals surface area (Å²) in [6, 6.07) is 15.8. The van der Waals surface area contributed by atoms with Crippen LogP contribution in [0.4, 0.5) is 0 Å². The van der Waals surface area contributed by atoms with Crippen molar-refractivity contribution in [3.8, 4) is 16.3 Å². The molecule has 0 aliphatic heterocycles. The summed E-state index contributed by atoms with van der Waals surface area (Å²) in [6.07, 6.45) is 3.44. The number of hydrogen-bond donors (Lipinski definition) is 1. The molecule has 1 aromatic carbocycles. The van der Waals surface area contributed by atoms with Gasteiger partial charge in [0.05, 0.1) is 10.6 Å². The van der Waals surface area contributed by atoms with Gasteiger partial charge in [0.2, 0.25) is 0 Å². The molecule has 0 atom stereocenters. The lowest BCUT2D eigenvalue weighted by atomic mass is 10.1. The third-order valence-electron chi connectivity index (χ3n) is 4.50. The van der Waals surface area contributed by atoms with Crippen LogP contribution in [-0.4, -0.2) is 20.7 Å². The summed E-state index contributed by atoms with van der Waals surface area (Å²) in [4.78, 5) is 18.0. The first-order valence-electron chi connectivity index (χ1n) is 9.00. The number of hydrogen-bond acceptors (Lipinski definition) is 4. The average Bonchev–Trinajstić information content (AvgIpc) is 3.37. The molecule has 28 heavy (non-hydrogen) atoms. The second-order valence-corrected chi connectivity index (χ2v) is 7.58. The Kier molecular flexibility index (Phi) is 5.04. The van der Waals surface area contributed by atoms with Crippen LogP contribution >= 0.6 is 11.3 Å². The number of rotatable bonds is 5. The van der Waals surface area contributed by atoms with E-state index in [4.69, 9.17) is 5.10 Å². The molecule has 140 valence electrons. The minimum Gasteiger partial charge on any atom is -0.347 e. The zero-order valence-electron chi connectivity index (χ0n) is 15.7. The van der Waals surface area contributed by atoms with Gasteiger partial charge < -0.3 is 5.32 Å². The molecule has 4 aromatic rings. The van der Waals surface area contributed by atoms with Crippen LogP contribution in [0.2, 0.25) is 0 Å². The Labute approximate surface area is 167 Å². The van der Waals surface area contributed by atoms with Crippen molar-refractivity contribution in [2.75, 3.05) is 0 Å². The van der Waals surface area contributed by atoms with Gasteiger partial charge in [-0.15, -0.1) is 11.3 Å². The van der Waals surface area contributed by atoms with E-state index in [-0.39, 0.29) is 5.91 Å². The molecular weight excluding hydrogens is 368 g/mol. The molecule has 0 saturated heterocycles. The second kappa shape index (κ2) is 7.78. The highest BCUT2D eigenvalue weighted by Gasteiger charge is 2.19. The maximum Gasteiger partial charge on any atom is 0.270 e. The number of nitrogens with one attached hydrogen (secondary N) is 1. The predicted octanol–water partition coefficient (Wildman–Crippen LogP) is 4.54. The lowest BCUT2D eigenvalue weighted by molar-refractivity contribution is 0.0943. The smallest absolute Gasteiger partial charge is 0.270 e. The highest BCUT2D eigenvalue weighted by Crippen LogP contribution is 2.27. The molecule has 0 aliphatic rings. The third-order valence-corrected chi connectivity index (χ3v) is 5.39. The molecule has 0 saturated carbocycles. The number of carbonyl (C=O) groups excluding carboxylic acids is 1. The zero-order chi connectivity index (χ0) is 19.5. The van der Waals surface area contributed by atoms with Crippen LogP contribution in [0.5, 0.6) is 0 Å². The number of nitrogens with zero attached hydrogens (tertiary/aromatic N) is 3. The summed E-state index contributed by atoms with van der Waals surface area (Å²) in [5.41, 5.74) is 5.47. The molecule has 1 N–H and O–H groups in total. The molecule has 0 unspecified atom stereocenters. The summed E-state index contributed by atoms with van der Waals surface area (Å²) in [7, 11) is 0. The number of benzene rings is 1. The molecule has 3 heterocycles. The van der Waals surface area contributed by atoms with Crippen LogP contribution in [0.1, 0.15) is 27.2 Å². The predicted molar refractivity (Wildman–Crippen MR) is 112 cm³/mol. The molecule has 0 spiro atoms. The molecule has 4 rings (SSSR count). The summed E-state index contributed by atoms with van der Waals surface area (Å²) in [6.45, 7) is 4.53. The van der Waals surface area contributed by atoms with Gasteiger partial charge in [-0.2, -0.15) is 5.10 Å². The number of aryl methyl sites for hydroxylation is 2. The van der Waals surface area contributed by atoms with E-state index in [1.807, 2.05) is 54.8 Å². The van der Waals surface area contributed by atoms with E-state index in [2.05, 4.69) is 23.3 Å². The van der Waals surface area contributed by atoms with Crippen LogP contribution in [0.15, 0.2) is 66.3 Å². The molecule has 3 aromatic heterocycles. The van der Waals surface area contributed by atoms with Gasteiger partial charge in [-0.05, 0) is 60.7 Å². The molecule has 0 fully saturated rings. The van der Waals surface area contributed by atoms with Gasteiger partial charge in [0.25, 0.3) is 5.91 Å². The largest absolute Gasteiger partial charge is 0.347 e. The van der Waals surface area contributed by atoms with E-state index in [1.54, 1.807) is 28.4 Å². The average molecular weight is 388 g/mol. The van der Waals surface area contributed by atoms with E-state index in [0.29, 0.717) is 12.2 Å². The highest BCUT2D eigenvalue weighted by atomic mass is 32.1. The van der Waals surface area contributed by atoms with Crippen molar-refractivity contribution in [1.29, 1.82) is 0 Å². The fourth-order valence-corrected chi connectivity index (χ4v) is 3.77. The Morgan fingerprint density at radius 1 is 1.11 bits per heavy atom. The first kappa shape index (κ1) is 18.1. The molecule has 0 bridgehead atoms. The van der Waals surface area contributed by atoms with Crippen LogP contribution in [0.25, 0.3) is 16.3 Å². The summed E-state index contributed by atoms with van der Waals surface area (Å²) < 4.78 is 1.74. The van der Waals surface area contributed by atoms with Gasteiger partial charge in [-0.25, -0.2) is 4.68 Å². The summed E-state index contributed by atoms with van der Waals surface area (Å²) >= 11 is 1.61. The van der Waals surface area contributed by atoms with E-state index in [0.717, 1.165) is 27.4 Å². The summed E-state index contributed by atoms with van der Waals surface area (Å²) in [5, 5.41) is 9.75. The maximum atomic E-state index is 13.0. The van der Waals surface area contributed by atoms with Crippen LogP contribution < -0.4 is 5.32 Å². The number of aromatic nitrogens is 3. The van der Waals surface area contributed by atoms with Gasteiger partial charge in [-0.3, -0.25) is 9.78 Å². The van der Waals surface area contributed by atoms with Crippen molar-refractivity contribution in [3.63, 3.8) is 0 Å². The number of thiophene rings is 1. The third kappa shape index (κ3) is 3.73. The lowest BCUT2D eigenvalue weighted by Gasteiger charge is -2.11. The minimum absolute atomic E-state index is 0.160. The van der Waals surface area contributed by atoms with Crippen molar-refractivity contribution in [2.45, 2.75) is 20.4 Å². The zero-order valence-corrected chi connectivity index (χ0v) is 16.5. The van der Waals surface area contributed by atoms with E-state index in [9.17, 15) is 4.79 Å². The van der Waals surface area contributed by atoms with Gasteiger partial charge in [0.1, 0.15) is 11.4 Å². The standard InChI is InChI=1S/C22H20N4OS/c1-15-5-6-19(16(2)12-15)26-20(13-18(25-26)21-4-3-11-28-21)22(27)24-14-17-7-9-23-10-8-17/h3-13H,14H2,1-2H3,(H,24,27). The SMILES string of the molecule is Cc1ccc(-n2nc(-c3cccs3)cc2C(=O)NCc2ccncc2)c(C)c1. The Morgan fingerprint density at radius 3 is 2.64 bits per heavy atom. The van der Waals surface area contributed by atoms with E-state index in [1.165, 1.54) is 5.56 Å². The molecule has 0 radical (unpaired) electrons. The Bertz CT molecular complexity index is 1100. The van der Waals surface area contributed by atoms with Gasteiger partial charge in [0, 0.05) is 18.9 Å². The number of amides is 1. The molecule has 5 nitrogen and oxygen atoms in total. The van der Waals surface area contributed by atoms with Crippen molar-refractivity contribution in [1.82, 2.24) is 20.1 Å². The topological polar surface area (TPSA) is 59.8 Å². The van der Waals surface area contributed by atoms with Gasteiger partial charge >= 0.3 is 0 Å². The first-order chi connectivity index (χ1) is 13.6. The Hall–Kier alpha value is -3.25. The highest BCUT2D eigenvalue weighted by molar-refractivity contribution is 7.13. The van der Waals surface area contributed by atoms with Crippen molar-refractivity contribution in [2.24, 2.45) is 0 Å². The van der Waals surface area contributed by atoms with E-state index < -0.39 is 0 Å². The molecule has 1 amide bonds. The Morgan fingerprint density at radius 2 is 1.93 bits per heavy atom. The van der Waals surface area contributed by atoms with Crippen molar-refractivity contribution >= 4 is 17.2 Å². The number of pyridine rings is 1. The van der Waals surface area contributed by atoms with Gasteiger partial charge in [0.15, 0.2) is 0 Å². The minimum atomic E-state index is -0.160. The van der Waals surface area contributed by atoms with Crippen LogP contribution in [0, 0.1) is 13.8 Å². The van der Waals surface area contributed by atoms with Crippen LogP contribution in [0.3, 0.4) is 0 Å². The monoisotopic (exact) mass is 388 g/mol. The van der Waals surface area contributed by atoms with Crippen molar-refractivity contribution < 1.29 is 4.79 Å². The normalized spacial score (nSPS) is 10.8. The molecular formula is C22H20N4OS. The quantitative estimate of drug-likeness (QED) is 0.546. The van der Waals surface area contributed by atoms with Crippen LogP contribution in [-0.2, 0) is 6.54 Å². The summed E-state index contributed by atoms with van der Waals surface area (Å²) in [5.74, 6) is -0.160. The lowest BCUT2D eigenvalue weighted by Crippen LogP contribution is -2.25. The van der Waals surface area contributed by atoms with E-state index >= 15 is 0 Å². The molecule has 0 aliphatic carbocycles. The second-order valence-electron chi connectivity index (χ2n) is 6.63. The van der Waals surface area contributed by atoms with Crippen molar-refractivity contribution in [3.05, 3.63) is 88.7 Å².